The van der Waals surface area contributed by atoms with E-state index in [0.717, 1.165) is 34.0 Å². The maximum Gasteiger partial charge on any atom is 1.00 e. The van der Waals surface area contributed by atoms with Gasteiger partial charge in [0.2, 0.25) is 0 Å². The van der Waals surface area contributed by atoms with Gasteiger partial charge in [0.05, 0.1) is 49.9 Å². The average molecular weight is 1120 g/mol. The van der Waals surface area contributed by atoms with Crippen LogP contribution in [-0.4, -0.2) is 34.0 Å². The summed E-state index contributed by atoms with van der Waals surface area (Å²) in [6, 6.07) is 34.8. The summed E-state index contributed by atoms with van der Waals surface area (Å²) in [6.45, 7) is 0. The van der Waals surface area contributed by atoms with Gasteiger partial charge >= 0.3 is 22.4 Å². The second-order valence-corrected chi connectivity index (χ2v) is 30.0. The van der Waals surface area contributed by atoms with Gasteiger partial charge in [-0.2, -0.15) is 0 Å². The van der Waals surface area contributed by atoms with Gasteiger partial charge in [-0.3, -0.25) is 0 Å². The van der Waals surface area contributed by atoms with Crippen molar-refractivity contribution in [3.05, 3.63) is 91.0 Å². The standard InChI is InChI=1S/3C18H27P.Au.ClHO4/c3*1-4-10-16(11-5-1)19(17-12-6-2-7-13-17)18-14-8-3-9-15-18;;2-1(3,4)5/h3*1,4-5,10-11,17-18H,2-3,6-9,12-15H2;;(H,2,3,4,5)/q;;;+1;/p+2. The molecule has 0 atom stereocenters. The molecule has 0 amide bonds. The molecule has 0 N–H and O–H groups in total. The van der Waals surface area contributed by atoms with Gasteiger partial charge in [0.1, 0.15) is 0 Å². The molecule has 0 heterocycles. The normalized spacial score (nSPS) is 21.6. The van der Waals surface area contributed by atoms with Gasteiger partial charge in [-0.05, 0) is 190 Å². The molecule has 6 saturated carbocycles. The van der Waals surface area contributed by atoms with Crippen molar-refractivity contribution in [3.8, 4) is 0 Å². The quantitative estimate of drug-likeness (QED) is 0.158. The third-order valence-electron chi connectivity index (χ3n) is 15.6. The Morgan fingerprint density at radius 2 is 0.413 bits per heavy atom. The van der Waals surface area contributed by atoms with E-state index in [1.54, 1.807) is 15.9 Å². The van der Waals surface area contributed by atoms with Crippen LogP contribution in [0.25, 0.3) is 0 Å². The van der Waals surface area contributed by atoms with E-state index in [-0.39, 0.29) is 46.1 Å². The van der Waals surface area contributed by atoms with Crippen molar-refractivity contribution in [3.63, 3.8) is 0 Å². The molecule has 6 aliphatic carbocycles. The fraction of sp³-hybridized carbons (Fsp3) is 0.667. The van der Waals surface area contributed by atoms with Crippen LogP contribution in [0.2, 0.25) is 0 Å². The smallest absolute Gasteiger partial charge is 0.222 e. The molecule has 0 radical (unpaired) electrons. The summed E-state index contributed by atoms with van der Waals surface area (Å²) in [5.41, 5.74) is 6.44. The topological polar surface area (TPSA) is 92.2 Å². The third-order valence-corrected chi connectivity index (χ3v) is 27.3. The molecule has 4 nitrogen and oxygen atoms in total. The summed E-state index contributed by atoms with van der Waals surface area (Å²) >= 11 is 0. The van der Waals surface area contributed by atoms with Crippen molar-refractivity contribution in [2.24, 2.45) is 0 Å². The third kappa shape index (κ3) is 19.0. The second-order valence-electron chi connectivity index (χ2n) is 19.9. The Balaban J connectivity index is 0.000000168. The second kappa shape index (κ2) is 30.3. The van der Waals surface area contributed by atoms with Crippen molar-refractivity contribution in [1.82, 2.24) is 0 Å². The van der Waals surface area contributed by atoms with E-state index in [1.165, 1.54) is 193 Å². The molecular formula is C54H84AuClO4P3+3. The average Bonchev–Trinajstić information content (AvgIpc) is 3.32. The summed E-state index contributed by atoms with van der Waals surface area (Å²) in [6.07, 6.45) is 45.3. The van der Waals surface area contributed by atoms with Crippen LogP contribution in [0.5, 0.6) is 0 Å². The first-order valence-electron chi connectivity index (χ1n) is 25.7. The fourth-order valence-corrected chi connectivity index (χ4v) is 25.5. The van der Waals surface area contributed by atoms with Gasteiger partial charge in [-0.25, -0.2) is 18.6 Å². The predicted octanol–water partition coefficient (Wildman–Crippen LogP) is 10.8. The SMILES string of the molecule is [Au+].[O-][Cl+3]([O-])([O-])[O-].c1ccc([PH+](C2CCCCC2)C2CCCCC2)cc1.c1ccc([PH+](C2CCCCC2)C2CCCCC2)cc1.c1ccc([PH+](C2CCCCC2)C2CCCCC2)cc1. The number of hydrogen-bond acceptors (Lipinski definition) is 4. The molecule has 63 heavy (non-hydrogen) atoms. The van der Waals surface area contributed by atoms with E-state index in [2.05, 4.69) is 91.0 Å². The van der Waals surface area contributed by atoms with E-state index < -0.39 is 10.2 Å². The van der Waals surface area contributed by atoms with Crippen LogP contribution in [-0.2, 0) is 22.4 Å². The first kappa shape index (κ1) is 53.8. The first-order chi connectivity index (χ1) is 30.3. The van der Waals surface area contributed by atoms with E-state index in [9.17, 15) is 0 Å². The minimum atomic E-state index is -4.94. The molecule has 0 aromatic heterocycles. The van der Waals surface area contributed by atoms with Crippen molar-refractivity contribution in [2.45, 2.75) is 227 Å². The maximum atomic E-state index is 8.49. The zero-order valence-corrected chi connectivity index (χ0v) is 44.6. The van der Waals surface area contributed by atoms with Gasteiger partial charge in [0.25, 0.3) is 0 Å². The van der Waals surface area contributed by atoms with Crippen LogP contribution < -0.4 is 34.5 Å². The van der Waals surface area contributed by atoms with Gasteiger partial charge in [0, 0.05) is 23.8 Å². The summed E-state index contributed by atoms with van der Waals surface area (Å²) in [5.74, 6) is 0. The van der Waals surface area contributed by atoms with Crippen LogP contribution in [0.4, 0.5) is 0 Å². The van der Waals surface area contributed by atoms with E-state index in [1.807, 2.05) is 0 Å². The zero-order valence-electron chi connectivity index (χ0n) is 38.7. The molecule has 0 bridgehead atoms. The molecule has 9 rings (SSSR count). The number of halogens is 1. The van der Waals surface area contributed by atoms with E-state index in [0.29, 0.717) is 0 Å². The summed E-state index contributed by atoms with van der Waals surface area (Å²) < 4.78 is 34.0. The monoisotopic (exact) mass is 1120 g/mol. The molecule has 3 aromatic rings. The molecule has 0 aliphatic heterocycles. The molecule has 6 aliphatic rings. The Hall–Kier alpha value is -0.180. The Morgan fingerprint density at radius 1 is 0.270 bits per heavy atom. The predicted molar refractivity (Wildman–Crippen MR) is 264 cm³/mol. The Morgan fingerprint density at radius 3 is 0.556 bits per heavy atom. The van der Waals surface area contributed by atoms with Gasteiger partial charge in [-0.15, -0.1) is 10.2 Å². The molecule has 9 heteroatoms. The molecule has 3 aromatic carbocycles. The minimum Gasteiger partial charge on any atom is -0.222 e. The number of hydrogen-bond donors (Lipinski definition) is 0. The van der Waals surface area contributed by atoms with Crippen molar-refractivity contribution < 1.29 is 51.3 Å². The summed E-state index contributed by atoms with van der Waals surface area (Å²) in [4.78, 5) is 0. The molecule has 0 spiro atoms. The Labute approximate surface area is 405 Å². The van der Waals surface area contributed by atoms with Crippen LogP contribution in [0.3, 0.4) is 0 Å². The molecule has 0 saturated heterocycles. The Kier molecular flexibility index (Phi) is 25.9. The van der Waals surface area contributed by atoms with Crippen molar-refractivity contribution in [1.29, 1.82) is 0 Å². The maximum absolute atomic E-state index is 8.49. The number of benzene rings is 3. The fourth-order valence-electron chi connectivity index (χ4n) is 12.8. The van der Waals surface area contributed by atoms with Gasteiger partial charge in [0.15, 0.2) is 0 Å². The van der Waals surface area contributed by atoms with Crippen LogP contribution in [0, 0.1) is 10.2 Å². The minimum absolute atomic E-state index is 0. The van der Waals surface area contributed by atoms with Gasteiger partial charge < -0.3 is 0 Å². The molecule has 354 valence electrons. The van der Waals surface area contributed by atoms with Gasteiger partial charge in [-0.1, -0.05) is 93.1 Å². The molecule has 0 unspecified atom stereocenters. The van der Waals surface area contributed by atoms with E-state index >= 15 is 0 Å². The molecular weight excluding hydrogens is 1040 g/mol. The van der Waals surface area contributed by atoms with Crippen LogP contribution in [0.1, 0.15) is 193 Å². The first-order valence-corrected chi connectivity index (χ1v) is 31.9. The van der Waals surface area contributed by atoms with Crippen molar-refractivity contribution in [2.75, 3.05) is 0 Å². The Bertz CT molecular complexity index is 1330. The zero-order chi connectivity index (χ0) is 43.2. The largest absolute Gasteiger partial charge is 1.00 e. The van der Waals surface area contributed by atoms with Crippen LogP contribution in [0.15, 0.2) is 91.0 Å². The summed E-state index contributed by atoms with van der Waals surface area (Å²) in [7, 11) is -5.91. The van der Waals surface area contributed by atoms with E-state index in [4.69, 9.17) is 18.6 Å². The number of rotatable bonds is 9. The molecule has 6 fully saturated rings. The summed E-state index contributed by atoms with van der Waals surface area (Å²) in [5, 5.41) is 5.23. The van der Waals surface area contributed by atoms with Crippen LogP contribution >= 0.6 is 23.8 Å². The van der Waals surface area contributed by atoms with Crippen molar-refractivity contribution >= 4 is 39.7 Å².